The molecule has 0 aliphatic heterocycles. The minimum atomic E-state index is -0.573. The monoisotopic (exact) mass is 373 g/mol. The van der Waals surface area contributed by atoms with Gasteiger partial charge >= 0.3 is 5.97 Å². The summed E-state index contributed by atoms with van der Waals surface area (Å²) >= 11 is 0. The van der Waals surface area contributed by atoms with Gasteiger partial charge in [-0.05, 0) is 24.1 Å². The van der Waals surface area contributed by atoms with Gasteiger partial charge in [0.2, 0.25) is 0 Å². The minimum absolute atomic E-state index is 0.0626. The third-order valence-corrected chi connectivity index (χ3v) is 3.55. The number of carbonyl (C=O) groups excluding carboxylic acids is 1. The van der Waals surface area contributed by atoms with Gasteiger partial charge in [-0.2, -0.15) is 0 Å². The highest BCUT2D eigenvalue weighted by atomic mass is 19.1. The maximum Gasteiger partial charge on any atom is 0.339 e. The normalized spacial score (nSPS) is 10.9. The van der Waals surface area contributed by atoms with E-state index in [2.05, 4.69) is 23.9 Å². The SMILES string of the molecule is COC=CC(=O)Oc1ccccc1COc1ccc(NCC(C)C)cc1F. The van der Waals surface area contributed by atoms with Crippen LogP contribution in [0.4, 0.5) is 10.1 Å². The van der Waals surface area contributed by atoms with Gasteiger partial charge in [0.25, 0.3) is 0 Å². The quantitative estimate of drug-likeness (QED) is 0.303. The molecule has 0 heterocycles. The fourth-order valence-corrected chi connectivity index (χ4v) is 2.19. The summed E-state index contributed by atoms with van der Waals surface area (Å²) in [5, 5.41) is 3.16. The third kappa shape index (κ3) is 6.66. The van der Waals surface area contributed by atoms with Crippen LogP contribution in [-0.2, 0) is 16.1 Å². The van der Waals surface area contributed by atoms with Gasteiger partial charge in [-0.3, -0.25) is 0 Å². The number of methoxy groups -OCH3 is 1. The third-order valence-electron chi connectivity index (χ3n) is 3.55. The minimum Gasteiger partial charge on any atom is -0.504 e. The van der Waals surface area contributed by atoms with Crippen LogP contribution in [0.5, 0.6) is 11.5 Å². The van der Waals surface area contributed by atoms with E-state index in [9.17, 15) is 9.18 Å². The van der Waals surface area contributed by atoms with Crippen molar-refractivity contribution in [3.63, 3.8) is 0 Å². The Morgan fingerprint density at radius 2 is 1.96 bits per heavy atom. The fraction of sp³-hybridized carbons (Fsp3) is 0.286. The van der Waals surface area contributed by atoms with Crippen LogP contribution in [0.15, 0.2) is 54.8 Å². The Bertz CT molecular complexity index is 790. The van der Waals surface area contributed by atoms with Crippen LogP contribution in [0.1, 0.15) is 19.4 Å². The molecule has 5 nitrogen and oxygen atoms in total. The van der Waals surface area contributed by atoms with E-state index in [0.717, 1.165) is 6.54 Å². The van der Waals surface area contributed by atoms with Gasteiger partial charge in [0.1, 0.15) is 12.4 Å². The van der Waals surface area contributed by atoms with Crippen molar-refractivity contribution in [1.29, 1.82) is 0 Å². The van der Waals surface area contributed by atoms with E-state index in [0.29, 0.717) is 22.9 Å². The number of rotatable bonds is 9. The molecule has 0 amide bonds. The van der Waals surface area contributed by atoms with E-state index in [-0.39, 0.29) is 12.4 Å². The Morgan fingerprint density at radius 1 is 1.19 bits per heavy atom. The van der Waals surface area contributed by atoms with Crippen molar-refractivity contribution in [3.05, 3.63) is 66.2 Å². The summed E-state index contributed by atoms with van der Waals surface area (Å²) in [5.74, 6) is -0.0939. The van der Waals surface area contributed by atoms with Gasteiger partial charge in [-0.15, -0.1) is 0 Å². The lowest BCUT2D eigenvalue weighted by atomic mass is 10.2. The van der Waals surface area contributed by atoms with E-state index >= 15 is 0 Å². The molecule has 144 valence electrons. The molecule has 6 heteroatoms. The van der Waals surface area contributed by atoms with Gasteiger partial charge in [0, 0.05) is 23.9 Å². The molecule has 0 spiro atoms. The first-order chi connectivity index (χ1) is 13.0. The lowest BCUT2D eigenvalue weighted by Gasteiger charge is -2.13. The van der Waals surface area contributed by atoms with Crippen molar-refractivity contribution in [1.82, 2.24) is 0 Å². The number of hydrogen-bond acceptors (Lipinski definition) is 5. The first-order valence-electron chi connectivity index (χ1n) is 8.65. The standard InChI is InChI=1S/C21H24FNO4/c1-15(2)13-23-17-8-9-20(18(22)12-17)26-14-16-6-4-5-7-19(16)27-21(24)10-11-25-3/h4-12,15,23H,13-14H2,1-3H3. The molecule has 0 aliphatic rings. The summed E-state index contributed by atoms with van der Waals surface area (Å²) in [6, 6.07) is 11.7. The van der Waals surface area contributed by atoms with Crippen molar-refractivity contribution in [2.45, 2.75) is 20.5 Å². The van der Waals surface area contributed by atoms with E-state index in [1.165, 1.54) is 25.5 Å². The average molecular weight is 373 g/mol. The summed E-state index contributed by atoms with van der Waals surface area (Å²) < 4.78 is 29.8. The molecule has 0 radical (unpaired) electrons. The fourth-order valence-electron chi connectivity index (χ4n) is 2.19. The summed E-state index contributed by atoms with van der Waals surface area (Å²) in [6.07, 6.45) is 2.39. The number of esters is 1. The van der Waals surface area contributed by atoms with Crippen LogP contribution in [0.2, 0.25) is 0 Å². The predicted octanol–water partition coefficient (Wildman–Crippen LogP) is 4.54. The van der Waals surface area contributed by atoms with Gasteiger partial charge < -0.3 is 19.5 Å². The molecule has 2 aromatic carbocycles. The molecule has 0 atom stereocenters. The maximum absolute atomic E-state index is 14.3. The number of hydrogen-bond donors (Lipinski definition) is 1. The highest BCUT2D eigenvalue weighted by Gasteiger charge is 2.10. The van der Waals surface area contributed by atoms with E-state index < -0.39 is 11.8 Å². The molecule has 0 fully saturated rings. The van der Waals surface area contributed by atoms with Gasteiger partial charge in [0.15, 0.2) is 11.6 Å². The largest absolute Gasteiger partial charge is 0.504 e. The second kappa shape index (κ2) is 10.2. The van der Waals surface area contributed by atoms with Crippen LogP contribution in [0.3, 0.4) is 0 Å². The summed E-state index contributed by atoms with van der Waals surface area (Å²) in [7, 11) is 1.43. The lowest BCUT2D eigenvalue weighted by molar-refractivity contribution is -0.129. The van der Waals surface area contributed by atoms with Crippen molar-refractivity contribution >= 4 is 11.7 Å². The Labute approximate surface area is 158 Å². The Morgan fingerprint density at radius 3 is 2.67 bits per heavy atom. The average Bonchev–Trinajstić information content (AvgIpc) is 2.65. The van der Waals surface area contributed by atoms with Crippen LogP contribution in [0, 0.1) is 11.7 Å². The molecule has 0 bridgehead atoms. The lowest BCUT2D eigenvalue weighted by Crippen LogP contribution is -2.09. The zero-order valence-corrected chi connectivity index (χ0v) is 15.7. The van der Waals surface area contributed by atoms with Crippen LogP contribution >= 0.6 is 0 Å². The molecular weight excluding hydrogens is 349 g/mol. The summed E-state index contributed by atoms with van der Waals surface area (Å²) in [4.78, 5) is 11.7. The molecule has 27 heavy (non-hydrogen) atoms. The predicted molar refractivity (Wildman–Crippen MR) is 102 cm³/mol. The molecular formula is C21H24FNO4. The van der Waals surface area contributed by atoms with E-state index in [1.807, 2.05) is 0 Å². The molecule has 1 N–H and O–H groups in total. The highest BCUT2D eigenvalue weighted by Crippen LogP contribution is 2.25. The number of halogens is 1. The van der Waals surface area contributed by atoms with Crippen molar-refractivity contribution in [3.8, 4) is 11.5 Å². The maximum atomic E-state index is 14.3. The second-order valence-corrected chi connectivity index (χ2v) is 6.28. The van der Waals surface area contributed by atoms with Crippen LogP contribution in [0.25, 0.3) is 0 Å². The smallest absolute Gasteiger partial charge is 0.339 e. The molecule has 2 aromatic rings. The van der Waals surface area contributed by atoms with E-state index in [1.54, 1.807) is 36.4 Å². The van der Waals surface area contributed by atoms with Gasteiger partial charge in [0.05, 0.1) is 19.4 Å². The molecule has 0 unspecified atom stereocenters. The van der Waals surface area contributed by atoms with E-state index in [4.69, 9.17) is 9.47 Å². The molecule has 0 saturated carbocycles. The number of benzene rings is 2. The second-order valence-electron chi connectivity index (χ2n) is 6.28. The Balaban J connectivity index is 2.02. The zero-order chi connectivity index (χ0) is 19.6. The first-order valence-corrected chi connectivity index (χ1v) is 8.65. The topological polar surface area (TPSA) is 56.8 Å². The number of nitrogens with one attached hydrogen (secondary N) is 1. The zero-order valence-electron chi connectivity index (χ0n) is 15.7. The van der Waals surface area contributed by atoms with Gasteiger partial charge in [-0.25, -0.2) is 9.18 Å². The number of carbonyl (C=O) groups is 1. The highest BCUT2D eigenvalue weighted by molar-refractivity contribution is 5.83. The number of para-hydroxylation sites is 1. The number of anilines is 1. The summed E-state index contributed by atoms with van der Waals surface area (Å²) in [5.41, 5.74) is 1.32. The van der Waals surface area contributed by atoms with Crippen molar-refractivity contribution < 1.29 is 23.4 Å². The Hall–Kier alpha value is -3.02. The van der Waals surface area contributed by atoms with Gasteiger partial charge in [-0.1, -0.05) is 32.0 Å². The van der Waals surface area contributed by atoms with Crippen molar-refractivity contribution in [2.75, 3.05) is 19.0 Å². The molecule has 0 aromatic heterocycles. The number of ether oxygens (including phenoxy) is 3. The molecule has 2 rings (SSSR count). The van der Waals surface area contributed by atoms with Crippen LogP contribution in [-0.4, -0.2) is 19.6 Å². The Kier molecular flexibility index (Phi) is 7.67. The summed E-state index contributed by atoms with van der Waals surface area (Å²) in [6.45, 7) is 4.98. The first kappa shape index (κ1) is 20.3. The molecule has 0 saturated heterocycles. The van der Waals surface area contributed by atoms with Crippen LogP contribution < -0.4 is 14.8 Å². The van der Waals surface area contributed by atoms with Crippen molar-refractivity contribution in [2.24, 2.45) is 5.92 Å². The molecule has 0 aliphatic carbocycles.